The lowest BCUT2D eigenvalue weighted by atomic mass is 10.1. The van der Waals surface area contributed by atoms with Crippen LogP contribution in [0.4, 0.5) is 0 Å². The fourth-order valence-corrected chi connectivity index (χ4v) is 2.70. The van der Waals surface area contributed by atoms with Gasteiger partial charge in [-0.2, -0.15) is 5.10 Å². The third-order valence-electron chi connectivity index (χ3n) is 4.01. The van der Waals surface area contributed by atoms with Gasteiger partial charge in [-0.25, -0.2) is 4.68 Å². The van der Waals surface area contributed by atoms with E-state index in [0.29, 0.717) is 11.7 Å². The topological polar surface area (TPSA) is 50.2 Å². The molecule has 1 aliphatic rings. The minimum Gasteiger partial charge on any atom is -0.337 e. The summed E-state index contributed by atoms with van der Waals surface area (Å²) in [4.78, 5) is 14.4. The molecule has 1 saturated heterocycles. The van der Waals surface area contributed by atoms with E-state index in [1.165, 1.54) is 0 Å². The van der Waals surface area contributed by atoms with Crippen molar-refractivity contribution in [3.8, 4) is 5.69 Å². The average molecular weight is 284 g/mol. The number of para-hydroxylation sites is 1. The molecule has 110 valence electrons. The van der Waals surface area contributed by atoms with Gasteiger partial charge in [-0.1, -0.05) is 18.2 Å². The number of carbonyl (C=O) groups excluding carboxylic acids is 1. The maximum atomic E-state index is 12.5. The van der Waals surface area contributed by atoms with Gasteiger partial charge in [-0.05, 0) is 44.1 Å². The minimum absolute atomic E-state index is 0.00317. The largest absolute Gasteiger partial charge is 0.337 e. The number of aromatic nitrogens is 2. The Kier molecular flexibility index (Phi) is 4.01. The number of nitrogens with one attached hydrogen (secondary N) is 1. The van der Waals surface area contributed by atoms with Crippen molar-refractivity contribution in [1.82, 2.24) is 20.0 Å². The van der Waals surface area contributed by atoms with E-state index >= 15 is 0 Å². The lowest BCUT2D eigenvalue weighted by Crippen LogP contribution is -2.44. The Morgan fingerprint density at radius 1 is 1.24 bits per heavy atom. The molecule has 3 rings (SSSR count). The number of nitrogens with zero attached hydrogens (tertiary/aromatic N) is 3. The number of hydrogen-bond acceptors (Lipinski definition) is 3. The zero-order valence-corrected chi connectivity index (χ0v) is 12.2. The van der Waals surface area contributed by atoms with Crippen molar-refractivity contribution >= 4 is 5.91 Å². The zero-order valence-electron chi connectivity index (χ0n) is 12.2. The van der Waals surface area contributed by atoms with Gasteiger partial charge in [-0.15, -0.1) is 0 Å². The quantitative estimate of drug-likeness (QED) is 0.933. The molecular formula is C16H20N4O. The summed E-state index contributed by atoms with van der Waals surface area (Å²) in [6, 6.07) is 11.9. The van der Waals surface area contributed by atoms with Crippen molar-refractivity contribution in [3.63, 3.8) is 0 Å². The normalized spacial score (nSPS) is 15.9. The summed E-state index contributed by atoms with van der Waals surface area (Å²) in [5.41, 5.74) is 1.46. The van der Waals surface area contributed by atoms with Crippen LogP contribution >= 0.6 is 0 Å². The maximum absolute atomic E-state index is 12.5. The van der Waals surface area contributed by atoms with Gasteiger partial charge in [-0.3, -0.25) is 4.79 Å². The summed E-state index contributed by atoms with van der Waals surface area (Å²) < 4.78 is 1.74. The highest BCUT2D eigenvalue weighted by Gasteiger charge is 2.24. The molecule has 5 heteroatoms. The number of carbonyl (C=O) groups is 1. The molecule has 1 aromatic heterocycles. The standard InChI is InChI=1S/C16H20N4O/c1-19(13-7-10-17-11-8-13)16(21)15-9-12-20(18-15)14-5-3-2-4-6-14/h2-6,9,12-13,17H,7-8,10-11H2,1H3. The summed E-state index contributed by atoms with van der Waals surface area (Å²) in [6.07, 6.45) is 3.84. The van der Waals surface area contributed by atoms with E-state index in [2.05, 4.69) is 10.4 Å². The highest BCUT2D eigenvalue weighted by atomic mass is 16.2. The van der Waals surface area contributed by atoms with Crippen LogP contribution in [0.2, 0.25) is 0 Å². The van der Waals surface area contributed by atoms with E-state index in [4.69, 9.17) is 0 Å². The molecule has 0 unspecified atom stereocenters. The van der Waals surface area contributed by atoms with Gasteiger partial charge >= 0.3 is 0 Å². The lowest BCUT2D eigenvalue weighted by Gasteiger charge is -2.31. The van der Waals surface area contributed by atoms with Crippen molar-refractivity contribution in [2.24, 2.45) is 0 Å². The SMILES string of the molecule is CN(C(=O)c1ccn(-c2ccccc2)n1)C1CCNCC1. The van der Waals surface area contributed by atoms with Crippen molar-refractivity contribution in [2.75, 3.05) is 20.1 Å². The molecule has 2 heterocycles. The zero-order chi connectivity index (χ0) is 14.7. The highest BCUT2D eigenvalue weighted by molar-refractivity contribution is 5.92. The first-order valence-electron chi connectivity index (χ1n) is 7.34. The van der Waals surface area contributed by atoms with Gasteiger partial charge in [0.05, 0.1) is 5.69 Å². The van der Waals surface area contributed by atoms with Crippen LogP contribution in [0.5, 0.6) is 0 Å². The van der Waals surface area contributed by atoms with E-state index in [9.17, 15) is 4.79 Å². The second kappa shape index (κ2) is 6.10. The molecule has 2 aromatic rings. The van der Waals surface area contributed by atoms with Crippen LogP contribution in [0.1, 0.15) is 23.3 Å². The molecule has 0 bridgehead atoms. The van der Waals surface area contributed by atoms with Gasteiger partial charge in [0.15, 0.2) is 5.69 Å². The first-order chi connectivity index (χ1) is 10.3. The van der Waals surface area contributed by atoms with Gasteiger partial charge in [0.2, 0.25) is 0 Å². The summed E-state index contributed by atoms with van der Waals surface area (Å²) in [6.45, 7) is 1.95. The Bertz CT molecular complexity index is 602. The molecule has 5 nitrogen and oxygen atoms in total. The predicted octanol–water partition coefficient (Wildman–Crippen LogP) is 1.70. The number of rotatable bonds is 3. The number of amides is 1. The van der Waals surface area contributed by atoms with Crippen LogP contribution in [0.25, 0.3) is 5.69 Å². The maximum Gasteiger partial charge on any atom is 0.274 e. The Balaban J connectivity index is 1.74. The molecule has 0 atom stereocenters. The predicted molar refractivity (Wildman–Crippen MR) is 81.5 cm³/mol. The average Bonchev–Trinajstić information content (AvgIpc) is 3.05. The third kappa shape index (κ3) is 2.97. The van der Waals surface area contributed by atoms with E-state index in [0.717, 1.165) is 31.6 Å². The van der Waals surface area contributed by atoms with Gasteiger partial charge < -0.3 is 10.2 Å². The first-order valence-corrected chi connectivity index (χ1v) is 7.34. The van der Waals surface area contributed by atoms with E-state index in [-0.39, 0.29) is 5.91 Å². The fourth-order valence-electron chi connectivity index (χ4n) is 2.70. The molecule has 0 aliphatic carbocycles. The Hall–Kier alpha value is -2.14. The third-order valence-corrected chi connectivity index (χ3v) is 4.01. The molecule has 0 spiro atoms. The molecule has 0 saturated carbocycles. The van der Waals surface area contributed by atoms with Crippen LogP contribution in [0.3, 0.4) is 0 Å². The molecule has 1 amide bonds. The van der Waals surface area contributed by atoms with E-state index in [1.807, 2.05) is 48.5 Å². The van der Waals surface area contributed by atoms with Crippen LogP contribution < -0.4 is 5.32 Å². The van der Waals surface area contributed by atoms with Gasteiger partial charge in [0, 0.05) is 19.3 Å². The summed E-state index contributed by atoms with van der Waals surface area (Å²) >= 11 is 0. The number of hydrogen-bond donors (Lipinski definition) is 1. The smallest absolute Gasteiger partial charge is 0.274 e. The van der Waals surface area contributed by atoms with Gasteiger partial charge in [0.1, 0.15) is 0 Å². The van der Waals surface area contributed by atoms with Crippen molar-refractivity contribution < 1.29 is 4.79 Å². The Labute approximate surface area is 124 Å². The van der Waals surface area contributed by atoms with Crippen molar-refractivity contribution in [1.29, 1.82) is 0 Å². The van der Waals surface area contributed by atoms with Crippen LogP contribution in [-0.4, -0.2) is 46.8 Å². The second-order valence-corrected chi connectivity index (χ2v) is 5.38. The minimum atomic E-state index is -0.00317. The Morgan fingerprint density at radius 3 is 2.67 bits per heavy atom. The fraction of sp³-hybridized carbons (Fsp3) is 0.375. The lowest BCUT2D eigenvalue weighted by molar-refractivity contribution is 0.0697. The molecule has 1 aliphatic heterocycles. The van der Waals surface area contributed by atoms with Crippen LogP contribution in [-0.2, 0) is 0 Å². The monoisotopic (exact) mass is 284 g/mol. The van der Waals surface area contributed by atoms with Crippen molar-refractivity contribution in [2.45, 2.75) is 18.9 Å². The molecule has 21 heavy (non-hydrogen) atoms. The van der Waals surface area contributed by atoms with Crippen LogP contribution in [0, 0.1) is 0 Å². The van der Waals surface area contributed by atoms with Crippen molar-refractivity contribution in [3.05, 3.63) is 48.3 Å². The van der Waals surface area contributed by atoms with E-state index < -0.39 is 0 Å². The molecular weight excluding hydrogens is 264 g/mol. The molecule has 0 radical (unpaired) electrons. The number of benzene rings is 1. The summed E-state index contributed by atoms with van der Waals surface area (Å²) in [5, 5.41) is 7.72. The molecule has 1 N–H and O–H groups in total. The van der Waals surface area contributed by atoms with Crippen LogP contribution in [0.15, 0.2) is 42.6 Å². The molecule has 1 fully saturated rings. The second-order valence-electron chi connectivity index (χ2n) is 5.38. The molecule has 1 aromatic carbocycles. The summed E-state index contributed by atoms with van der Waals surface area (Å²) in [5.74, 6) is -0.00317. The first kappa shape index (κ1) is 13.8. The number of piperidine rings is 1. The summed E-state index contributed by atoms with van der Waals surface area (Å²) in [7, 11) is 1.87. The van der Waals surface area contributed by atoms with Gasteiger partial charge in [0.25, 0.3) is 5.91 Å². The Morgan fingerprint density at radius 2 is 1.95 bits per heavy atom. The highest BCUT2D eigenvalue weighted by Crippen LogP contribution is 2.14. The van der Waals surface area contributed by atoms with E-state index in [1.54, 1.807) is 10.7 Å².